The van der Waals surface area contributed by atoms with Crippen molar-refractivity contribution in [3.63, 3.8) is 0 Å². The van der Waals surface area contributed by atoms with Crippen molar-refractivity contribution in [2.24, 2.45) is 0 Å². The lowest BCUT2D eigenvalue weighted by Crippen LogP contribution is -2.23. The largest absolute Gasteiger partial charge is 0.381 e. The smallest absolute Gasteiger partial charge is 0.184 e. The van der Waals surface area contributed by atoms with Crippen LogP contribution in [0.1, 0.15) is 28.9 Å². The monoisotopic (exact) mass is 319 g/mol. The molecule has 2 heterocycles. The highest BCUT2D eigenvalue weighted by Gasteiger charge is 2.15. The lowest BCUT2D eigenvalue weighted by Gasteiger charge is -2.21. The number of Topliss-reactive ketones (excluding diaryl/α,β-unsaturated/α-hetero) is 1. The summed E-state index contributed by atoms with van der Waals surface area (Å²) in [6, 6.07) is 5.46. The fraction of sp³-hybridized carbons (Fsp3) is 0.438. The van der Waals surface area contributed by atoms with Gasteiger partial charge in [-0.3, -0.25) is 4.79 Å². The van der Waals surface area contributed by atoms with Crippen LogP contribution in [-0.4, -0.2) is 40.1 Å². The average molecular weight is 319 g/mol. The predicted octanol–water partition coefficient (Wildman–Crippen LogP) is 2.00. The summed E-state index contributed by atoms with van der Waals surface area (Å²) in [4.78, 5) is 12.1. The molecule has 23 heavy (non-hydrogen) atoms. The van der Waals surface area contributed by atoms with Crippen molar-refractivity contribution < 1.29 is 18.7 Å². The molecular formula is C16H18FN3O3. The Labute approximate surface area is 133 Å². The van der Waals surface area contributed by atoms with E-state index in [2.05, 4.69) is 10.3 Å². The van der Waals surface area contributed by atoms with Crippen molar-refractivity contribution in [1.82, 2.24) is 15.0 Å². The third kappa shape index (κ3) is 4.43. The Hall–Kier alpha value is -2.12. The number of carbonyl (C=O) groups excluding carboxylic acids is 1. The number of benzene rings is 1. The summed E-state index contributed by atoms with van der Waals surface area (Å²) in [6.07, 6.45) is 3.66. The molecule has 1 aliphatic heterocycles. The second-order valence-corrected chi connectivity index (χ2v) is 5.46. The number of ketones is 1. The van der Waals surface area contributed by atoms with Crippen LogP contribution in [-0.2, 0) is 22.6 Å². The van der Waals surface area contributed by atoms with Crippen LogP contribution >= 0.6 is 0 Å². The molecule has 0 atom stereocenters. The highest BCUT2D eigenvalue weighted by Crippen LogP contribution is 2.12. The van der Waals surface area contributed by atoms with Crippen molar-refractivity contribution in [3.05, 3.63) is 47.5 Å². The Morgan fingerprint density at radius 3 is 2.78 bits per heavy atom. The third-order valence-electron chi connectivity index (χ3n) is 3.69. The molecule has 0 bridgehead atoms. The second kappa shape index (κ2) is 7.43. The minimum absolute atomic E-state index is 0.0654. The highest BCUT2D eigenvalue weighted by atomic mass is 19.1. The van der Waals surface area contributed by atoms with Gasteiger partial charge in [0.05, 0.1) is 18.9 Å². The summed E-state index contributed by atoms with van der Waals surface area (Å²) < 4.78 is 25.4. The zero-order chi connectivity index (χ0) is 16.1. The summed E-state index contributed by atoms with van der Waals surface area (Å²) in [7, 11) is 0. The Morgan fingerprint density at radius 1 is 1.30 bits per heavy atom. The maximum Gasteiger partial charge on any atom is 0.184 e. The molecule has 1 fully saturated rings. The van der Waals surface area contributed by atoms with E-state index in [0.717, 1.165) is 26.1 Å². The maximum atomic E-state index is 12.9. The van der Waals surface area contributed by atoms with Crippen LogP contribution < -0.4 is 0 Å². The Morgan fingerprint density at radius 2 is 2.04 bits per heavy atom. The summed E-state index contributed by atoms with van der Waals surface area (Å²) >= 11 is 0. The van der Waals surface area contributed by atoms with Crippen LogP contribution in [0.25, 0.3) is 0 Å². The topological polar surface area (TPSA) is 66.2 Å². The second-order valence-electron chi connectivity index (χ2n) is 5.46. The van der Waals surface area contributed by atoms with Gasteiger partial charge < -0.3 is 9.47 Å². The van der Waals surface area contributed by atoms with Crippen LogP contribution in [0.4, 0.5) is 4.39 Å². The van der Waals surface area contributed by atoms with Crippen LogP contribution in [0.3, 0.4) is 0 Å². The number of carbonyl (C=O) groups is 1. The first-order chi connectivity index (χ1) is 11.2. The van der Waals surface area contributed by atoms with Crippen molar-refractivity contribution in [2.75, 3.05) is 13.2 Å². The number of halogens is 1. The Kier molecular flexibility index (Phi) is 5.09. The molecule has 0 spiro atoms. The summed E-state index contributed by atoms with van der Waals surface area (Å²) in [6.45, 7) is 1.89. The van der Waals surface area contributed by atoms with Crippen LogP contribution in [0.2, 0.25) is 0 Å². The number of aromatic nitrogens is 3. The number of rotatable bonds is 6. The molecule has 0 unspecified atom stereocenters. The first kappa shape index (κ1) is 15.8. The van der Waals surface area contributed by atoms with Gasteiger partial charge in [-0.15, -0.1) is 5.10 Å². The van der Waals surface area contributed by atoms with Crippen molar-refractivity contribution in [2.45, 2.75) is 32.1 Å². The van der Waals surface area contributed by atoms with E-state index < -0.39 is 0 Å². The van der Waals surface area contributed by atoms with Gasteiger partial charge in [-0.25, -0.2) is 9.07 Å². The molecule has 1 aliphatic rings. The van der Waals surface area contributed by atoms with Crippen LogP contribution in [0, 0.1) is 5.82 Å². The summed E-state index contributed by atoms with van der Waals surface area (Å²) in [5, 5.41) is 7.94. The third-order valence-corrected chi connectivity index (χ3v) is 3.69. The first-order valence-corrected chi connectivity index (χ1v) is 7.58. The molecular weight excluding hydrogens is 301 g/mol. The van der Waals surface area contributed by atoms with Gasteiger partial charge in [-0.05, 0) is 37.1 Å². The molecule has 6 nitrogen and oxygen atoms in total. The lowest BCUT2D eigenvalue weighted by atomic mass is 10.1. The van der Waals surface area contributed by atoms with Crippen molar-refractivity contribution >= 4 is 5.78 Å². The Balaban J connectivity index is 1.52. The van der Waals surface area contributed by atoms with E-state index in [-0.39, 0.29) is 24.2 Å². The average Bonchev–Trinajstić information content (AvgIpc) is 3.02. The molecule has 1 saturated heterocycles. The van der Waals surface area contributed by atoms with Gasteiger partial charge in [0.2, 0.25) is 0 Å². The minimum atomic E-state index is -0.366. The molecule has 0 saturated carbocycles. The molecule has 122 valence electrons. The number of ether oxygens (including phenoxy) is 2. The maximum absolute atomic E-state index is 12.9. The molecule has 3 rings (SSSR count). The van der Waals surface area contributed by atoms with Crippen molar-refractivity contribution in [1.29, 1.82) is 0 Å². The van der Waals surface area contributed by atoms with Gasteiger partial charge in [-0.1, -0.05) is 5.21 Å². The predicted molar refractivity (Wildman–Crippen MR) is 79.4 cm³/mol. The minimum Gasteiger partial charge on any atom is -0.381 e. The van der Waals surface area contributed by atoms with Crippen molar-refractivity contribution in [3.8, 4) is 0 Å². The Bertz CT molecular complexity index is 651. The SMILES string of the molecule is O=C(Cn1cc(COC2CCOCC2)nn1)c1ccc(F)cc1. The van der Waals surface area contributed by atoms with Gasteiger partial charge in [0, 0.05) is 18.8 Å². The van der Waals surface area contributed by atoms with E-state index in [1.807, 2.05) is 0 Å². The highest BCUT2D eigenvalue weighted by molar-refractivity contribution is 5.95. The van der Waals surface area contributed by atoms with Gasteiger partial charge in [0.15, 0.2) is 5.78 Å². The first-order valence-electron chi connectivity index (χ1n) is 7.58. The molecule has 0 N–H and O–H groups in total. The zero-order valence-electron chi connectivity index (χ0n) is 12.7. The van der Waals surface area contributed by atoms with Crippen LogP contribution in [0.15, 0.2) is 30.5 Å². The van der Waals surface area contributed by atoms with Gasteiger partial charge in [0.25, 0.3) is 0 Å². The van der Waals surface area contributed by atoms with E-state index >= 15 is 0 Å². The molecule has 2 aromatic rings. The molecule has 1 aromatic heterocycles. The van der Waals surface area contributed by atoms with E-state index in [9.17, 15) is 9.18 Å². The molecule has 0 radical (unpaired) electrons. The van der Waals surface area contributed by atoms with E-state index in [0.29, 0.717) is 17.9 Å². The number of hydrogen-bond donors (Lipinski definition) is 0. The molecule has 7 heteroatoms. The number of hydrogen-bond acceptors (Lipinski definition) is 5. The molecule has 1 aromatic carbocycles. The molecule has 0 amide bonds. The normalized spacial score (nSPS) is 15.7. The van der Waals surface area contributed by atoms with E-state index in [1.165, 1.54) is 28.9 Å². The van der Waals surface area contributed by atoms with E-state index in [1.54, 1.807) is 6.20 Å². The van der Waals surface area contributed by atoms with Gasteiger partial charge >= 0.3 is 0 Å². The van der Waals surface area contributed by atoms with Gasteiger partial charge in [0.1, 0.15) is 18.1 Å². The van der Waals surface area contributed by atoms with Crippen LogP contribution in [0.5, 0.6) is 0 Å². The fourth-order valence-corrected chi connectivity index (χ4v) is 2.40. The quantitative estimate of drug-likeness (QED) is 0.762. The summed E-state index contributed by atoms with van der Waals surface area (Å²) in [5.41, 5.74) is 1.13. The zero-order valence-corrected chi connectivity index (χ0v) is 12.7. The lowest BCUT2D eigenvalue weighted by molar-refractivity contribution is -0.0399. The number of nitrogens with zero attached hydrogens (tertiary/aromatic N) is 3. The van der Waals surface area contributed by atoms with E-state index in [4.69, 9.17) is 9.47 Å². The summed E-state index contributed by atoms with van der Waals surface area (Å²) in [5.74, 6) is -0.512. The fourth-order valence-electron chi connectivity index (χ4n) is 2.40. The van der Waals surface area contributed by atoms with Gasteiger partial charge in [-0.2, -0.15) is 0 Å². The molecule has 0 aliphatic carbocycles. The standard InChI is InChI=1S/C16H18FN3O3/c17-13-3-1-12(2-4-13)16(21)10-20-9-14(18-19-20)11-23-15-5-7-22-8-6-15/h1-4,9,15H,5-8,10-11H2.